The highest BCUT2D eigenvalue weighted by Crippen LogP contribution is 2.22. The molecule has 0 aliphatic heterocycles. The van der Waals surface area contributed by atoms with Gasteiger partial charge in [0, 0.05) is 13.5 Å². The third-order valence-electron chi connectivity index (χ3n) is 3.01. The first-order valence-corrected chi connectivity index (χ1v) is 6.06. The van der Waals surface area contributed by atoms with Crippen LogP contribution in [0.3, 0.4) is 0 Å². The van der Waals surface area contributed by atoms with Gasteiger partial charge >= 0.3 is 0 Å². The zero-order valence-corrected chi connectivity index (χ0v) is 11.6. The fraction of sp³-hybridized carbons (Fsp3) is 0.429. The Kier molecular flexibility index (Phi) is 3.85. The summed E-state index contributed by atoms with van der Waals surface area (Å²) in [6, 6.07) is 7.79. The average Bonchev–Trinajstić information content (AvgIpc) is 2.89. The van der Waals surface area contributed by atoms with Gasteiger partial charge in [0.25, 0.3) is 5.89 Å². The molecule has 0 fully saturated rings. The molecule has 0 atom stereocenters. The Morgan fingerprint density at radius 1 is 1.16 bits per heavy atom. The van der Waals surface area contributed by atoms with Crippen molar-refractivity contribution in [1.82, 2.24) is 10.1 Å². The monoisotopic (exact) mass is 262 g/mol. The number of hydrogen-bond donors (Lipinski definition) is 0. The molecule has 0 saturated heterocycles. The van der Waals surface area contributed by atoms with Gasteiger partial charge in [0.05, 0.1) is 7.11 Å². The van der Waals surface area contributed by atoms with Crippen LogP contribution >= 0.6 is 0 Å². The highest BCUT2D eigenvalue weighted by molar-refractivity contribution is 5.28. The summed E-state index contributed by atoms with van der Waals surface area (Å²) in [6.45, 7) is 3.77. The maximum atomic E-state index is 5.30. The number of aromatic nitrogens is 2. The van der Waals surface area contributed by atoms with Crippen molar-refractivity contribution in [2.75, 3.05) is 14.2 Å². The molecule has 0 saturated carbocycles. The molecule has 0 radical (unpaired) electrons. The summed E-state index contributed by atoms with van der Waals surface area (Å²) in [7, 11) is 3.26. The Balaban J connectivity index is 2.11. The molecular weight excluding hydrogens is 244 g/mol. The molecule has 5 nitrogen and oxygen atoms in total. The van der Waals surface area contributed by atoms with Gasteiger partial charge < -0.3 is 14.0 Å². The fourth-order valence-corrected chi connectivity index (χ4v) is 1.58. The van der Waals surface area contributed by atoms with Crippen LogP contribution in [-0.2, 0) is 16.8 Å². The topological polar surface area (TPSA) is 57.4 Å². The molecule has 0 N–H and O–H groups in total. The first-order valence-electron chi connectivity index (χ1n) is 6.06. The molecule has 1 aromatic carbocycles. The number of hydrogen-bond acceptors (Lipinski definition) is 5. The smallest absolute Gasteiger partial charge is 0.258 e. The van der Waals surface area contributed by atoms with Gasteiger partial charge in [-0.2, -0.15) is 4.98 Å². The molecule has 102 valence electrons. The summed E-state index contributed by atoms with van der Waals surface area (Å²) in [5, 5.41) is 3.97. The molecule has 2 aromatic rings. The molecule has 0 amide bonds. The minimum Gasteiger partial charge on any atom is -0.497 e. The van der Waals surface area contributed by atoms with Gasteiger partial charge in [-0.15, -0.1) is 0 Å². The van der Waals surface area contributed by atoms with Crippen molar-refractivity contribution in [3.8, 4) is 5.75 Å². The predicted octanol–water partition coefficient (Wildman–Crippen LogP) is 2.55. The molecule has 0 spiro atoms. The SMILES string of the molecule is COc1ccc(Cc2noc(C(C)(C)OC)n2)cc1. The lowest BCUT2D eigenvalue weighted by molar-refractivity contribution is -0.00786. The van der Waals surface area contributed by atoms with Gasteiger partial charge in [-0.3, -0.25) is 0 Å². The van der Waals surface area contributed by atoms with Gasteiger partial charge in [-0.1, -0.05) is 17.3 Å². The van der Waals surface area contributed by atoms with Crippen molar-refractivity contribution in [2.24, 2.45) is 0 Å². The lowest BCUT2D eigenvalue weighted by Gasteiger charge is -2.16. The summed E-state index contributed by atoms with van der Waals surface area (Å²) in [5.41, 5.74) is 0.536. The highest BCUT2D eigenvalue weighted by Gasteiger charge is 2.26. The van der Waals surface area contributed by atoms with Crippen LogP contribution in [0.1, 0.15) is 31.1 Å². The fourth-order valence-electron chi connectivity index (χ4n) is 1.58. The Bertz CT molecular complexity index is 532. The van der Waals surface area contributed by atoms with Gasteiger partial charge in [0.1, 0.15) is 11.4 Å². The van der Waals surface area contributed by atoms with E-state index in [2.05, 4.69) is 10.1 Å². The minimum atomic E-state index is -0.564. The summed E-state index contributed by atoms with van der Waals surface area (Å²) in [6.07, 6.45) is 0.618. The van der Waals surface area contributed by atoms with Crippen LogP contribution < -0.4 is 4.74 Å². The van der Waals surface area contributed by atoms with E-state index in [1.165, 1.54) is 0 Å². The van der Waals surface area contributed by atoms with Gasteiger partial charge in [-0.05, 0) is 31.5 Å². The molecule has 0 aliphatic rings. The first kappa shape index (κ1) is 13.5. The molecule has 0 aliphatic carbocycles. The average molecular weight is 262 g/mol. The van der Waals surface area contributed by atoms with Gasteiger partial charge in [0.15, 0.2) is 5.82 Å². The molecule has 0 bridgehead atoms. The number of nitrogens with zero attached hydrogens (tertiary/aromatic N) is 2. The quantitative estimate of drug-likeness (QED) is 0.828. The number of methoxy groups -OCH3 is 2. The predicted molar refractivity (Wildman–Crippen MR) is 70.1 cm³/mol. The van der Waals surface area contributed by atoms with E-state index in [0.29, 0.717) is 18.1 Å². The standard InChI is InChI=1S/C14H18N2O3/c1-14(2,18-4)13-15-12(16-19-13)9-10-5-7-11(17-3)8-6-10/h5-8H,9H2,1-4H3. The third kappa shape index (κ3) is 3.12. The van der Waals surface area contributed by atoms with E-state index in [1.807, 2.05) is 38.1 Å². The molecule has 1 aromatic heterocycles. The summed E-state index contributed by atoms with van der Waals surface area (Å²) < 4.78 is 15.6. The largest absolute Gasteiger partial charge is 0.497 e. The molecule has 19 heavy (non-hydrogen) atoms. The summed E-state index contributed by atoms with van der Waals surface area (Å²) in [5.74, 6) is 1.96. The zero-order valence-electron chi connectivity index (χ0n) is 11.6. The second-order valence-electron chi connectivity index (χ2n) is 4.76. The van der Waals surface area contributed by atoms with E-state index in [4.69, 9.17) is 14.0 Å². The second kappa shape index (κ2) is 5.40. The zero-order chi connectivity index (χ0) is 13.9. The van der Waals surface area contributed by atoms with Crippen LogP contribution in [0.25, 0.3) is 0 Å². The Labute approximate surface area is 112 Å². The summed E-state index contributed by atoms with van der Waals surface area (Å²) in [4.78, 5) is 4.36. The molecule has 5 heteroatoms. The number of ether oxygens (including phenoxy) is 2. The second-order valence-corrected chi connectivity index (χ2v) is 4.76. The molecule has 0 unspecified atom stereocenters. The van der Waals surface area contributed by atoms with Crippen LogP contribution in [0, 0.1) is 0 Å². The maximum absolute atomic E-state index is 5.30. The lowest BCUT2D eigenvalue weighted by atomic mass is 10.1. The van der Waals surface area contributed by atoms with Crippen molar-refractivity contribution in [1.29, 1.82) is 0 Å². The highest BCUT2D eigenvalue weighted by atomic mass is 16.5. The van der Waals surface area contributed by atoms with Crippen molar-refractivity contribution in [3.63, 3.8) is 0 Å². The van der Waals surface area contributed by atoms with Crippen molar-refractivity contribution in [3.05, 3.63) is 41.5 Å². The van der Waals surface area contributed by atoms with E-state index in [0.717, 1.165) is 11.3 Å². The van der Waals surface area contributed by atoms with Crippen LogP contribution in [0.2, 0.25) is 0 Å². The Morgan fingerprint density at radius 2 is 1.84 bits per heavy atom. The van der Waals surface area contributed by atoms with Crippen LogP contribution in [0.15, 0.2) is 28.8 Å². The maximum Gasteiger partial charge on any atom is 0.258 e. The Morgan fingerprint density at radius 3 is 2.42 bits per heavy atom. The van der Waals surface area contributed by atoms with E-state index >= 15 is 0 Å². The molecular formula is C14H18N2O3. The lowest BCUT2D eigenvalue weighted by Crippen LogP contribution is -2.19. The van der Waals surface area contributed by atoms with Crippen LogP contribution in [0.5, 0.6) is 5.75 Å². The van der Waals surface area contributed by atoms with Crippen molar-refractivity contribution in [2.45, 2.75) is 25.9 Å². The van der Waals surface area contributed by atoms with Gasteiger partial charge in [-0.25, -0.2) is 0 Å². The van der Waals surface area contributed by atoms with Crippen LogP contribution in [-0.4, -0.2) is 24.4 Å². The van der Waals surface area contributed by atoms with Gasteiger partial charge in [0.2, 0.25) is 0 Å². The third-order valence-corrected chi connectivity index (χ3v) is 3.01. The Hall–Kier alpha value is -1.88. The van der Waals surface area contributed by atoms with E-state index < -0.39 is 5.60 Å². The summed E-state index contributed by atoms with van der Waals surface area (Å²) >= 11 is 0. The number of benzene rings is 1. The van der Waals surface area contributed by atoms with E-state index in [-0.39, 0.29) is 0 Å². The van der Waals surface area contributed by atoms with Crippen molar-refractivity contribution >= 4 is 0 Å². The number of rotatable bonds is 5. The van der Waals surface area contributed by atoms with E-state index in [1.54, 1.807) is 14.2 Å². The van der Waals surface area contributed by atoms with Crippen molar-refractivity contribution < 1.29 is 14.0 Å². The van der Waals surface area contributed by atoms with E-state index in [9.17, 15) is 0 Å². The molecule has 2 rings (SSSR count). The normalized spacial score (nSPS) is 11.6. The minimum absolute atomic E-state index is 0.485. The molecule has 1 heterocycles. The first-order chi connectivity index (χ1) is 9.05. The van der Waals surface area contributed by atoms with Crippen LogP contribution in [0.4, 0.5) is 0 Å².